The molecule has 2 heterocycles. The van der Waals surface area contributed by atoms with E-state index in [2.05, 4.69) is 30.5 Å². The van der Waals surface area contributed by atoms with E-state index in [1.165, 1.54) is 4.88 Å². The first kappa shape index (κ1) is 12.6. The molecule has 1 saturated heterocycles. The van der Waals surface area contributed by atoms with Crippen LogP contribution in [0, 0.1) is 5.41 Å². The standard InChI is InChI=1S/C13H20N2OS/c1-3-13(6-7-14-9-13)12(16)15-10(2)11-5-4-8-17-11/h4-5,8,10,14H,3,6-7,9H2,1-2H3,(H,15,16)/t10-,13?/m0/s1. The van der Waals surface area contributed by atoms with Gasteiger partial charge < -0.3 is 10.6 Å². The van der Waals surface area contributed by atoms with Gasteiger partial charge in [0.2, 0.25) is 5.91 Å². The minimum absolute atomic E-state index is 0.117. The Morgan fingerprint density at radius 1 is 1.71 bits per heavy atom. The molecule has 1 aliphatic rings. The molecule has 1 amide bonds. The van der Waals surface area contributed by atoms with E-state index in [4.69, 9.17) is 0 Å². The van der Waals surface area contributed by atoms with E-state index in [0.717, 1.165) is 25.9 Å². The van der Waals surface area contributed by atoms with Crippen molar-refractivity contribution in [2.45, 2.75) is 32.7 Å². The van der Waals surface area contributed by atoms with E-state index in [1.54, 1.807) is 11.3 Å². The number of hydrogen-bond donors (Lipinski definition) is 2. The Bertz CT molecular complexity index is 369. The number of carbonyl (C=O) groups excluding carboxylic acids is 1. The maximum atomic E-state index is 12.4. The summed E-state index contributed by atoms with van der Waals surface area (Å²) in [6, 6.07) is 4.21. The quantitative estimate of drug-likeness (QED) is 0.863. The Morgan fingerprint density at radius 3 is 3.06 bits per heavy atom. The predicted molar refractivity (Wildman–Crippen MR) is 71.1 cm³/mol. The molecule has 3 nitrogen and oxygen atoms in total. The van der Waals surface area contributed by atoms with Gasteiger partial charge in [0.25, 0.3) is 0 Å². The third kappa shape index (κ3) is 2.53. The molecule has 4 heteroatoms. The Hall–Kier alpha value is -0.870. The van der Waals surface area contributed by atoms with Crippen LogP contribution in [0.25, 0.3) is 0 Å². The Balaban J connectivity index is 2.01. The van der Waals surface area contributed by atoms with Crippen LogP contribution in [0.15, 0.2) is 17.5 Å². The molecule has 1 aromatic rings. The monoisotopic (exact) mass is 252 g/mol. The van der Waals surface area contributed by atoms with Gasteiger partial charge in [-0.15, -0.1) is 11.3 Å². The van der Waals surface area contributed by atoms with Crippen LogP contribution in [-0.4, -0.2) is 19.0 Å². The van der Waals surface area contributed by atoms with Gasteiger partial charge in [-0.05, 0) is 37.8 Å². The van der Waals surface area contributed by atoms with Crippen molar-refractivity contribution < 1.29 is 4.79 Å². The molecule has 1 unspecified atom stereocenters. The van der Waals surface area contributed by atoms with E-state index in [0.29, 0.717) is 0 Å². The minimum atomic E-state index is -0.189. The van der Waals surface area contributed by atoms with Crippen LogP contribution in [0.3, 0.4) is 0 Å². The van der Waals surface area contributed by atoms with Gasteiger partial charge in [-0.1, -0.05) is 13.0 Å². The lowest BCUT2D eigenvalue weighted by Gasteiger charge is -2.27. The van der Waals surface area contributed by atoms with Crippen molar-refractivity contribution in [3.8, 4) is 0 Å². The minimum Gasteiger partial charge on any atom is -0.348 e. The van der Waals surface area contributed by atoms with E-state index in [1.807, 2.05) is 11.4 Å². The van der Waals surface area contributed by atoms with Crippen molar-refractivity contribution in [2.24, 2.45) is 5.41 Å². The van der Waals surface area contributed by atoms with Crippen LogP contribution < -0.4 is 10.6 Å². The number of amides is 1. The van der Waals surface area contributed by atoms with Gasteiger partial charge in [-0.2, -0.15) is 0 Å². The normalized spacial score (nSPS) is 25.8. The third-order valence-electron chi connectivity index (χ3n) is 3.72. The first-order valence-electron chi connectivity index (χ1n) is 6.23. The molecule has 2 rings (SSSR count). The zero-order valence-electron chi connectivity index (χ0n) is 10.5. The van der Waals surface area contributed by atoms with Gasteiger partial charge in [-0.3, -0.25) is 4.79 Å². The van der Waals surface area contributed by atoms with Crippen LogP contribution >= 0.6 is 11.3 Å². The molecule has 2 atom stereocenters. The highest BCUT2D eigenvalue weighted by atomic mass is 32.1. The average Bonchev–Trinajstić information content (AvgIpc) is 3.01. The maximum absolute atomic E-state index is 12.4. The fraction of sp³-hybridized carbons (Fsp3) is 0.615. The maximum Gasteiger partial charge on any atom is 0.228 e. The summed E-state index contributed by atoms with van der Waals surface area (Å²) < 4.78 is 0. The first-order valence-corrected chi connectivity index (χ1v) is 7.11. The Morgan fingerprint density at radius 2 is 2.53 bits per heavy atom. The van der Waals surface area contributed by atoms with Crippen LogP contribution in [-0.2, 0) is 4.79 Å². The van der Waals surface area contributed by atoms with Crippen molar-refractivity contribution in [3.63, 3.8) is 0 Å². The summed E-state index contributed by atoms with van der Waals surface area (Å²) in [4.78, 5) is 13.6. The molecule has 17 heavy (non-hydrogen) atoms. The highest BCUT2D eigenvalue weighted by Gasteiger charge is 2.39. The molecule has 0 saturated carbocycles. The van der Waals surface area contributed by atoms with Crippen molar-refractivity contribution in [3.05, 3.63) is 22.4 Å². The van der Waals surface area contributed by atoms with Gasteiger partial charge in [-0.25, -0.2) is 0 Å². The number of rotatable bonds is 4. The molecule has 1 aromatic heterocycles. The largest absolute Gasteiger partial charge is 0.348 e. The lowest BCUT2D eigenvalue weighted by atomic mass is 9.83. The lowest BCUT2D eigenvalue weighted by Crippen LogP contribution is -2.42. The first-order chi connectivity index (χ1) is 8.18. The second-order valence-electron chi connectivity index (χ2n) is 4.77. The van der Waals surface area contributed by atoms with Crippen molar-refractivity contribution in [1.82, 2.24) is 10.6 Å². The molecule has 0 aliphatic carbocycles. The highest BCUT2D eigenvalue weighted by molar-refractivity contribution is 7.10. The fourth-order valence-corrected chi connectivity index (χ4v) is 3.09. The lowest BCUT2D eigenvalue weighted by molar-refractivity contribution is -0.131. The second-order valence-corrected chi connectivity index (χ2v) is 5.75. The van der Waals surface area contributed by atoms with Crippen molar-refractivity contribution >= 4 is 17.2 Å². The summed E-state index contributed by atoms with van der Waals surface area (Å²) in [5.74, 6) is 0.200. The molecule has 0 aromatic carbocycles. The summed E-state index contributed by atoms with van der Waals surface area (Å²) in [6.07, 6.45) is 1.86. The van der Waals surface area contributed by atoms with Gasteiger partial charge in [0.1, 0.15) is 0 Å². The van der Waals surface area contributed by atoms with Gasteiger partial charge >= 0.3 is 0 Å². The second kappa shape index (κ2) is 5.19. The zero-order chi connectivity index (χ0) is 12.3. The molecule has 2 N–H and O–H groups in total. The Labute approximate surface area is 107 Å². The fourth-order valence-electron chi connectivity index (χ4n) is 2.36. The SMILES string of the molecule is CCC1(C(=O)N[C@@H](C)c2cccs2)CCNC1. The van der Waals surface area contributed by atoms with Gasteiger partial charge in [0.15, 0.2) is 0 Å². The van der Waals surface area contributed by atoms with E-state index in [-0.39, 0.29) is 17.4 Å². The number of nitrogens with one attached hydrogen (secondary N) is 2. The average molecular weight is 252 g/mol. The molecule has 0 bridgehead atoms. The number of hydrogen-bond acceptors (Lipinski definition) is 3. The molecular weight excluding hydrogens is 232 g/mol. The Kier molecular flexibility index (Phi) is 3.84. The molecule has 0 radical (unpaired) electrons. The van der Waals surface area contributed by atoms with Crippen molar-refractivity contribution in [2.75, 3.05) is 13.1 Å². The molecular formula is C13H20N2OS. The summed E-state index contributed by atoms with van der Waals surface area (Å²) >= 11 is 1.69. The van der Waals surface area contributed by atoms with E-state index in [9.17, 15) is 4.79 Å². The van der Waals surface area contributed by atoms with Crippen LogP contribution in [0.5, 0.6) is 0 Å². The summed E-state index contributed by atoms with van der Waals surface area (Å²) in [5.41, 5.74) is -0.189. The highest BCUT2D eigenvalue weighted by Crippen LogP contribution is 2.30. The summed E-state index contributed by atoms with van der Waals surface area (Å²) in [6.45, 7) is 5.92. The number of carbonyl (C=O) groups is 1. The van der Waals surface area contributed by atoms with Gasteiger partial charge in [0.05, 0.1) is 11.5 Å². The van der Waals surface area contributed by atoms with Crippen LogP contribution in [0.4, 0.5) is 0 Å². The molecule has 0 spiro atoms. The molecule has 1 aliphatic heterocycles. The van der Waals surface area contributed by atoms with Crippen molar-refractivity contribution in [1.29, 1.82) is 0 Å². The topological polar surface area (TPSA) is 41.1 Å². The third-order valence-corrected chi connectivity index (χ3v) is 4.77. The van der Waals surface area contributed by atoms with Crippen LogP contribution in [0.2, 0.25) is 0 Å². The van der Waals surface area contributed by atoms with Crippen LogP contribution in [0.1, 0.15) is 37.6 Å². The molecule has 94 valence electrons. The zero-order valence-corrected chi connectivity index (χ0v) is 11.3. The van der Waals surface area contributed by atoms with E-state index < -0.39 is 0 Å². The summed E-state index contributed by atoms with van der Waals surface area (Å²) in [7, 11) is 0. The summed E-state index contributed by atoms with van der Waals surface area (Å²) in [5, 5.41) is 8.49. The smallest absolute Gasteiger partial charge is 0.228 e. The molecule has 1 fully saturated rings. The predicted octanol–water partition coefficient (Wildman–Crippen LogP) is 2.32. The van der Waals surface area contributed by atoms with E-state index >= 15 is 0 Å². The van der Waals surface area contributed by atoms with Gasteiger partial charge in [0, 0.05) is 11.4 Å². The number of thiophene rings is 1.